The standard InChI is InChI=1S/C15H23NO/c1-11(10-14(17)16-5)12-6-8-13(9-7-12)15(2,3)4/h6-9,11H,10H2,1-5H3,(H,16,17). The molecule has 0 fully saturated rings. The molecule has 0 aliphatic heterocycles. The lowest BCUT2D eigenvalue weighted by molar-refractivity contribution is -0.120. The first kappa shape index (κ1) is 13.8. The highest BCUT2D eigenvalue weighted by Crippen LogP contribution is 2.25. The quantitative estimate of drug-likeness (QED) is 0.853. The third-order valence-electron chi connectivity index (χ3n) is 3.12. The van der Waals surface area contributed by atoms with Crippen LogP contribution in [0.5, 0.6) is 0 Å². The monoisotopic (exact) mass is 233 g/mol. The maximum atomic E-state index is 11.3. The third kappa shape index (κ3) is 3.88. The lowest BCUT2D eigenvalue weighted by Gasteiger charge is -2.20. The van der Waals surface area contributed by atoms with Gasteiger partial charge >= 0.3 is 0 Å². The lowest BCUT2D eigenvalue weighted by atomic mass is 9.85. The predicted molar refractivity (Wildman–Crippen MR) is 72.2 cm³/mol. The van der Waals surface area contributed by atoms with Gasteiger partial charge in [0.15, 0.2) is 0 Å². The Labute approximate surface area is 104 Å². The number of hydrogen-bond acceptors (Lipinski definition) is 1. The summed E-state index contributed by atoms with van der Waals surface area (Å²) >= 11 is 0. The van der Waals surface area contributed by atoms with Crippen molar-refractivity contribution in [1.82, 2.24) is 5.32 Å². The first-order chi connectivity index (χ1) is 7.84. The summed E-state index contributed by atoms with van der Waals surface area (Å²) in [7, 11) is 1.68. The van der Waals surface area contributed by atoms with Crippen LogP contribution in [-0.4, -0.2) is 13.0 Å². The van der Waals surface area contributed by atoms with Crippen LogP contribution in [0, 0.1) is 0 Å². The number of nitrogens with one attached hydrogen (secondary N) is 1. The number of amides is 1. The molecule has 0 bridgehead atoms. The number of carbonyl (C=O) groups is 1. The Bertz CT molecular complexity index is 373. The molecule has 2 heteroatoms. The Balaban J connectivity index is 2.77. The molecule has 0 saturated carbocycles. The van der Waals surface area contributed by atoms with E-state index in [2.05, 4.69) is 57.3 Å². The maximum absolute atomic E-state index is 11.3. The van der Waals surface area contributed by atoms with Gasteiger partial charge in [0.25, 0.3) is 0 Å². The van der Waals surface area contributed by atoms with Crippen molar-refractivity contribution < 1.29 is 4.79 Å². The molecule has 0 aromatic heterocycles. The minimum atomic E-state index is 0.0948. The summed E-state index contributed by atoms with van der Waals surface area (Å²) in [4.78, 5) is 11.3. The van der Waals surface area contributed by atoms with E-state index in [1.54, 1.807) is 7.05 Å². The van der Waals surface area contributed by atoms with E-state index in [1.807, 2.05) is 0 Å². The van der Waals surface area contributed by atoms with Gasteiger partial charge in [-0.25, -0.2) is 0 Å². The fourth-order valence-electron chi connectivity index (χ4n) is 1.81. The van der Waals surface area contributed by atoms with Gasteiger partial charge in [-0.2, -0.15) is 0 Å². The highest BCUT2D eigenvalue weighted by atomic mass is 16.1. The molecular formula is C15H23NO. The van der Waals surface area contributed by atoms with E-state index >= 15 is 0 Å². The Kier molecular flexibility index (Phi) is 4.33. The Morgan fingerprint density at radius 1 is 1.24 bits per heavy atom. The van der Waals surface area contributed by atoms with Gasteiger partial charge in [-0.1, -0.05) is 52.0 Å². The van der Waals surface area contributed by atoms with Crippen LogP contribution in [0.4, 0.5) is 0 Å². The highest BCUT2D eigenvalue weighted by molar-refractivity contribution is 5.76. The van der Waals surface area contributed by atoms with Crippen LogP contribution in [0.2, 0.25) is 0 Å². The molecule has 2 nitrogen and oxygen atoms in total. The molecule has 0 aliphatic rings. The lowest BCUT2D eigenvalue weighted by Crippen LogP contribution is -2.19. The molecule has 1 amide bonds. The Morgan fingerprint density at radius 3 is 2.18 bits per heavy atom. The van der Waals surface area contributed by atoms with E-state index in [1.165, 1.54) is 11.1 Å². The molecule has 1 aromatic carbocycles. The summed E-state index contributed by atoms with van der Waals surface area (Å²) in [5.74, 6) is 0.362. The molecule has 1 unspecified atom stereocenters. The zero-order valence-corrected chi connectivity index (χ0v) is 11.5. The van der Waals surface area contributed by atoms with E-state index in [9.17, 15) is 4.79 Å². The van der Waals surface area contributed by atoms with E-state index < -0.39 is 0 Å². The van der Waals surface area contributed by atoms with Crippen molar-refractivity contribution in [3.8, 4) is 0 Å². The average Bonchev–Trinajstić information content (AvgIpc) is 2.27. The van der Waals surface area contributed by atoms with Gasteiger partial charge in [-0.05, 0) is 22.5 Å². The molecule has 0 heterocycles. The molecule has 0 radical (unpaired) electrons. The van der Waals surface area contributed by atoms with Crippen LogP contribution < -0.4 is 5.32 Å². The fourth-order valence-corrected chi connectivity index (χ4v) is 1.81. The van der Waals surface area contributed by atoms with Gasteiger partial charge in [-0.3, -0.25) is 4.79 Å². The van der Waals surface area contributed by atoms with E-state index in [0.717, 1.165) is 0 Å². The second kappa shape index (κ2) is 5.35. The van der Waals surface area contributed by atoms with Crippen molar-refractivity contribution in [2.75, 3.05) is 7.05 Å². The minimum Gasteiger partial charge on any atom is -0.359 e. The number of hydrogen-bond donors (Lipinski definition) is 1. The van der Waals surface area contributed by atoms with Crippen LogP contribution in [-0.2, 0) is 10.2 Å². The fraction of sp³-hybridized carbons (Fsp3) is 0.533. The summed E-state index contributed by atoms with van der Waals surface area (Å²) in [5, 5.41) is 2.66. The predicted octanol–water partition coefficient (Wildman–Crippen LogP) is 3.22. The molecule has 0 saturated heterocycles. The Hall–Kier alpha value is -1.31. The normalized spacial score (nSPS) is 13.2. The molecule has 1 atom stereocenters. The van der Waals surface area contributed by atoms with Crippen molar-refractivity contribution in [3.63, 3.8) is 0 Å². The first-order valence-corrected chi connectivity index (χ1v) is 6.15. The second-order valence-electron chi connectivity index (χ2n) is 5.65. The SMILES string of the molecule is CNC(=O)CC(C)c1ccc(C(C)(C)C)cc1. The van der Waals surface area contributed by atoms with Crippen molar-refractivity contribution in [1.29, 1.82) is 0 Å². The maximum Gasteiger partial charge on any atom is 0.220 e. The van der Waals surface area contributed by atoms with Crippen LogP contribution >= 0.6 is 0 Å². The largest absolute Gasteiger partial charge is 0.359 e. The second-order valence-corrected chi connectivity index (χ2v) is 5.65. The summed E-state index contributed by atoms with van der Waals surface area (Å²) in [5.41, 5.74) is 2.73. The van der Waals surface area contributed by atoms with Crippen molar-refractivity contribution in [2.45, 2.75) is 45.4 Å². The van der Waals surface area contributed by atoms with Crippen LogP contribution in [0.3, 0.4) is 0 Å². The molecule has 94 valence electrons. The van der Waals surface area contributed by atoms with Gasteiger partial charge in [-0.15, -0.1) is 0 Å². The topological polar surface area (TPSA) is 29.1 Å². The molecule has 17 heavy (non-hydrogen) atoms. The van der Waals surface area contributed by atoms with Crippen molar-refractivity contribution in [3.05, 3.63) is 35.4 Å². The van der Waals surface area contributed by atoms with Gasteiger partial charge in [0.05, 0.1) is 0 Å². The zero-order valence-electron chi connectivity index (χ0n) is 11.5. The van der Waals surface area contributed by atoms with Gasteiger partial charge in [0.1, 0.15) is 0 Å². The highest BCUT2D eigenvalue weighted by Gasteiger charge is 2.15. The van der Waals surface area contributed by atoms with Crippen LogP contribution in [0.1, 0.15) is 51.2 Å². The van der Waals surface area contributed by atoms with Crippen LogP contribution in [0.25, 0.3) is 0 Å². The number of carbonyl (C=O) groups excluding carboxylic acids is 1. The summed E-state index contributed by atoms with van der Waals surface area (Å²) in [6.45, 7) is 8.70. The van der Waals surface area contributed by atoms with Crippen LogP contribution in [0.15, 0.2) is 24.3 Å². The summed E-state index contributed by atoms with van der Waals surface area (Å²) in [6.07, 6.45) is 0.547. The van der Waals surface area contributed by atoms with Gasteiger partial charge < -0.3 is 5.32 Å². The molecule has 0 spiro atoms. The minimum absolute atomic E-state index is 0.0948. The van der Waals surface area contributed by atoms with E-state index in [4.69, 9.17) is 0 Å². The summed E-state index contributed by atoms with van der Waals surface area (Å²) in [6, 6.07) is 8.59. The number of rotatable bonds is 3. The molecule has 1 N–H and O–H groups in total. The molecular weight excluding hydrogens is 210 g/mol. The molecule has 1 aromatic rings. The first-order valence-electron chi connectivity index (χ1n) is 6.15. The summed E-state index contributed by atoms with van der Waals surface area (Å²) < 4.78 is 0. The zero-order chi connectivity index (χ0) is 13.1. The smallest absolute Gasteiger partial charge is 0.220 e. The van der Waals surface area contributed by atoms with E-state index in [-0.39, 0.29) is 17.2 Å². The third-order valence-corrected chi connectivity index (χ3v) is 3.12. The number of benzene rings is 1. The molecule has 1 rings (SSSR count). The molecule has 0 aliphatic carbocycles. The van der Waals surface area contributed by atoms with Gasteiger partial charge in [0.2, 0.25) is 5.91 Å². The van der Waals surface area contributed by atoms with E-state index in [0.29, 0.717) is 6.42 Å². The van der Waals surface area contributed by atoms with Crippen molar-refractivity contribution in [2.24, 2.45) is 0 Å². The van der Waals surface area contributed by atoms with Gasteiger partial charge in [0, 0.05) is 13.5 Å². The Morgan fingerprint density at radius 2 is 1.76 bits per heavy atom. The van der Waals surface area contributed by atoms with Crippen molar-refractivity contribution >= 4 is 5.91 Å². The average molecular weight is 233 g/mol.